The van der Waals surface area contributed by atoms with E-state index in [0.29, 0.717) is 36.4 Å². The molecule has 0 aliphatic carbocycles. The molecule has 0 bridgehead atoms. The number of carbonyl (C=O) groups is 1. The number of carbonyl (C=O) groups excluding carboxylic acids is 1. The molecule has 2 aromatic carbocycles. The van der Waals surface area contributed by atoms with Gasteiger partial charge >= 0.3 is 0 Å². The third-order valence-electron chi connectivity index (χ3n) is 3.84. The molecule has 0 saturated carbocycles. The summed E-state index contributed by atoms with van der Waals surface area (Å²) in [6.45, 7) is 0.463. The van der Waals surface area contributed by atoms with Gasteiger partial charge in [0.05, 0.1) is 18.2 Å². The number of nitriles is 1. The number of aromatic nitrogens is 1. The molecule has 3 rings (SSSR count). The highest BCUT2D eigenvalue weighted by Gasteiger charge is 2.13. The number of benzene rings is 2. The van der Waals surface area contributed by atoms with E-state index in [9.17, 15) is 4.79 Å². The summed E-state index contributed by atoms with van der Waals surface area (Å²) in [5.74, 6) is 0.453. The van der Waals surface area contributed by atoms with E-state index in [0.717, 1.165) is 14.4 Å². The van der Waals surface area contributed by atoms with Gasteiger partial charge in [0.25, 0.3) is 5.91 Å². The van der Waals surface area contributed by atoms with E-state index in [-0.39, 0.29) is 5.91 Å². The van der Waals surface area contributed by atoms with Gasteiger partial charge in [0.1, 0.15) is 10.8 Å². The first kappa shape index (κ1) is 20.9. The van der Waals surface area contributed by atoms with E-state index in [4.69, 9.17) is 10.00 Å². The van der Waals surface area contributed by atoms with Crippen molar-refractivity contribution in [3.63, 3.8) is 0 Å². The maximum atomic E-state index is 12.9. The number of hydrogen-bond acceptors (Lipinski definition) is 5. The van der Waals surface area contributed by atoms with Gasteiger partial charge in [-0.3, -0.25) is 4.79 Å². The maximum absolute atomic E-state index is 12.9. The number of unbranched alkanes of at least 4 members (excludes halogenated alkanes) is 1. The van der Waals surface area contributed by atoms with E-state index in [2.05, 4.69) is 32.3 Å². The third kappa shape index (κ3) is 6.34. The lowest BCUT2D eigenvalue weighted by Gasteiger charge is -2.11. The number of rotatable bonds is 8. The maximum Gasteiger partial charge on any atom is 0.256 e. The summed E-state index contributed by atoms with van der Waals surface area (Å²) >= 11 is 4.81. The van der Waals surface area contributed by atoms with Crippen molar-refractivity contribution in [3.8, 4) is 11.8 Å². The summed E-state index contributed by atoms with van der Waals surface area (Å²) < 4.78 is 6.53. The fourth-order valence-corrected chi connectivity index (χ4v) is 3.60. The molecule has 1 heterocycles. The Kier molecular flexibility index (Phi) is 7.68. The molecule has 0 saturated heterocycles. The molecule has 0 atom stereocenters. The van der Waals surface area contributed by atoms with Crippen LogP contribution in [-0.2, 0) is 0 Å². The van der Waals surface area contributed by atoms with Crippen LogP contribution in [0.2, 0.25) is 0 Å². The van der Waals surface area contributed by atoms with Crippen molar-refractivity contribution < 1.29 is 9.53 Å². The first-order valence-corrected chi connectivity index (χ1v) is 10.6. The molecule has 0 aliphatic heterocycles. The van der Waals surface area contributed by atoms with Gasteiger partial charge in [-0.15, -0.1) is 0 Å². The van der Waals surface area contributed by atoms with Gasteiger partial charge in [-0.2, -0.15) is 5.26 Å². The molecular formula is C22H18BrN3O2S. The monoisotopic (exact) mass is 467 g/mol. The quantitative estimate of drug-likeness (QED) is 0.415. The van der Waals surface area contributed by atoms with Crippen molar-refractivity contribution in [1.29, 1.82) is 5.26 Å². The topological polar surface area (TPSA) is 75.0 Å². The predicted octanol–water partition coefficient (Wildman–Crippen LogP) is 5.93. The van der Waals surface area contributed by atoms with Crippen molar-refractivity contribution in [2.75, 3.05) is 11.9 Å². The van der Waals surface area contributed by atoms with Crippen LogP contribution in [0.4, 0.5) is 5.69 Å². The lowest BCUT2D eigenvalue weighted by molar-refractivity contribution is 0.102. The molecule has 146 valence electrons. The Morgan fingerprint density at radius 1 is 1.17 bits per heavy atom. The van der Waals surface area contributed by atoms with Gasteiger partial charge in [-0.05, 0) is 58.7 Å². The minimum atomic E-state index is -0.202. The van der Waals surface area contributed by atoms with Crippen molar-refractivity contribution in [3.05, 3.63) is 76.9 Å². The highest BCUT2D eigenvalue weighted by atomic mass is 79.9. The summed E-state index contributed by atoms with van der Waals surface area (Å²) in [7, 11) is 0. The molecule has 1 N–H and O–H groups in total. The molecule has 29 heavy (non-hydrogen) atoms. The van der Waals surface area contributed by atoms with Crippen LogP contribution in [-0.4, -0.2) is 17.5 Å². The number of halogens is 1. The number of nitrogens with zero attached hydrogens (tertiary/aromatic N) is 2. The molecular weight excluding hydrogens is 450 g/mol. The fraction of sp³-hybridized carbons (Fsp3) is 0.136. The number of ether oxygens (including phenoxy) is 1. The van der Waals surface area contributed by atoms with Crippen LogP contribution in [0, 0.1) is 11.3 Å². The number of pyridine rings is 1. The molecule has 0 fully saturated rings. The largest absolute Gasteiger partial charge is 0.493 e. The zero-order valence-electron chi connectivity index (χ0n) is 15.5. The Morgan fingerprint density at radius 2 is 2.03 bits per heavy atom. The van der Waals surface area contributed by atoms with Gasteiger partial charge in [-0.25, -0.2) is 4.98 Å². The van der Waals surface area contributed by atoms with Gasteiger partial charge in [-0.1, -0.05) is 30.0 Å². The summed E-state index contributed by atoms with van der Waals surface area (Å²) in [6.07, 6.45) is 2.85. The lowest BCUT2D eigenvalue weighted by Crippen LogP contribution is -2.13. The minimum Gasteiger partial charge on any atom is -0.493 e. The number of hydrogen-bond donors (Lipinski definition) is 1. The van der Waals surface area contributed by atoms with Crippen LogP contribution in [0.5, 0.6) is 5.75 Å². The number of nitrogens with one attached hydrogen (secondary N) is 1. The van der Waals surface area contributed by atoms with Gasteiger partial charge in [0.15, 0.2) is 0 Å². The highest BCUT2D eigenvalue weighted by molar-refractivity contribution is 9.10. The summed E-state index contributed by atoms with van der Waals surface area (Å²) in [4.78, 5) is 18.0. The van der Waals surface area contributed by atoms with Crippen molar-refractivity contribution in [1.82, 2.24) is 4.98 Å². The molecule has 3 aromatic rings. The van der Waals surface area contributed by atoms with Crippen molar-refractivity contribution in [2.24, 2.45) is 0 Å². The van der Waals surface area contributed by atoms with Gasteiger partial charge < -0.3 is 10.1 Å². The summed E-state index contributed by atoms with van der Waals surface area (Å²) in [6, 6.07) is 20.6. The summed E-state index contributed by atoms with van der Waals surface area (Å²) in [5, 5.41) is 12.3. The van der Waals surface area contributed by atoms with E-state index in [1.807, 2.05) is 48.5 Å². The smallest absolute Gasteiger partial charge is 0.256 e. The SMILES string of the molecule is N#CCCCOc1cccc(NC(=O)c2ccccc2Sc2ccc(Br)cn2)c1. The Morgan fingerprint density at radius 3 is 2.83 bits per heavy atom. The van der Waals surface area contributed by atoms with Gasteiger partial charge in [0, 0.05) is 33.7 Å². The van der Waals surface area contributed by atoms with Crippen molar-refractivity contribution >= 4 is 39.3 Å². The standard InChI is InChI=1S/C22H18BrN3O2S/c23-16-10-11-21(25-15-16)29-20-9-2-1-8-19(20)22(27)26-17-6-5-7-18(14-17)28-13-4-3-12-24/h1-2,5-11,14-15H,3-4,13H2,(H,26,27). The molecule has 0 radical (unpaired) electrons. The average Bonchev–Trinajstić information content (AvgIpc) is 2.73. The lowest BCUT2D eigenvalue weighted by atomic mass is 10.2. The molecule has 0 unspecified atom stereocenters. The van der Waals surface area contributed by atoms with Crippen LogP contribution < -0.4 is 10.1 Å². The van der Waals surface area contributed by atoms with Crippen LogP contribution in [0.3, 0.4) is 0 Å². The van der Waals surface area contributed by atoms with Crippen LogP contribution in [0.15, 0.2) is 81.3 Å². The third-order valence-corrected chi connectivity index (χ3v) is 5.34. The Balaban J connectivity index is 1.70. The Bertz CT molecular complexity index is 1020. The second kappa shape index (κ2) is 10.6. The zero-order valence-corrected chi connectivity index (χ0v) is 17.9. The van der Waals surface area contributed by atoms with Crippen molar-refractivity contribution in [2.45, 2.75) is 22.8 Å². The molecule has 0 spiro atoms. The van der Waals surface area contributed by atoms with E-state index in [1.165, 1.54) is 11.8 Å². The van der Waals surface area contributed by atoms with E-state index < -0.39 is 0 Å². The summed E-state index contributed by atoms with van der Waals surface area (Å²) in [5.41, 5.74) is 1.22. The highest BCUT2D eigenvalue weighted by Crippen LogP contribution is 2.30. The zero-order chi connectivity index (χ0) is 20.5. The average molecular weight is 468 g/mol. The second-order valence-electron chi connectivity index (χ2n) is 6.00. The minimum absolute atomic E-state index is 0.202. The predicted molar refractivity (Wildman–Crippen MR) is 117 cm³/mol. The Hall–Kier alpha value is -2.82. The van der Waals surface area contributed by atoms with E-state index in [1.54, 1.807) is 18.3 Å². The number of anilines is 1. The van der Waals surface area contributed by atoms with Crippen LogP contribution in [0.1, 0.15) is 23.2 Å². The second-order valence-corrected chi connectivity index (χ2v) is 7.98. The molecule has 5 nitrogen and oxygen atoms in total. The molecule has 1 amide bonds. The number of amides is 1. The van der Waals surface area contributed by atoms with Crippen LogP contribution in [0.25, 0.3) is 0 Å². The molecule has 7 heteroatoms. The molecule has 0 aliphatic rings. The fourth-order valence-electron chi connectivity index (χ4n) is 2.48. The first-order valence-electron chi connectivity index (χ1n) is 8.95. The van der Waals surface area contributed by atoms with Crippen LogP contribution >= 0.6 is 27.7 Å². The van der Waals surface area contributed by atoms with Gasteiger partial charge in [0.2, 0.25) is 0 Å². The Labute approximate surface area is 182 Å². The molecule has 1 aromatic heterocycles. The normalized spacial score (nSPS) is 10.2. The van der Waals surface area contributed by atoms with E-state index >= 15 is 0 Å². The first-order chi connectivity index (χ1) is 14.2.